The molecule has 0 unspecified atom stereocenters. The van der Waals surface area contributed by atoms with Crippen molar-refractivity contribution >= 4 is 40.6 Å². The van der Waals surface area contributed by atoms with Crippen LogP contribution in [0.2, 0.25) is 0 Å². The molecule has 10 heteroatoms. The first kappa shape index (κ1) is 20.9. The summed E-state index contributed by atoms with van der Waals surface area (Å²) in [7, 11) is 0. The lowest BCUT2D eigenvalue weighted by molar-refractivity contribution is 0.0743. The number of aryl methyl sites for hydroxylation is 2. The van der Waals surface area contributed by atoms with Gasteiger partial charge < -0.3 is 9.80 Å². The minimum atomic E-state index is 0.0824. The number of piperazine rings is 1. The molecule has 0 saturated carbocycles. The van der Waals surface area contributed by atoms with E-state index >= 15 is 0 Å². The summed E-state index contributed by atoms with van der Waals surface area (Å²) >= 11 is 3.32. The van der Waals surface area contributed by atoms with Gasteiger partial charge in [0.25, 0.3) is 11.7 Å². The van der Waals surface area contributed by atoms with Crippen LogP contribution >= 0.6 is 23.1 Å². The molecule has 4 heterocycles. The number of aromatic nitrogens is 5. The number of fused-ring (bicyclic) bond motifs is 1. The molecule has 1 aliphatic rings. The lowest BCUT2D eigenvalue weighted by atomic mass is 10.2. The zero-order valence-corrected chi connectivity index (χ0v) is 19.6. The number of carbonyl (C=O) groups is 1. The number of rotatable bonds is 5. The first-order valence-electron chi connectivity index (χ1n) is 10.4. The van der Waals surface area contributed by atoms with Crippen LogP contribution in [-0.4, -0.2) is 61.6 Å². The number of hydrogen-bond donors (Lipinski definition) is 0. The van der Waals surface area contributed by atoms with E-state index < -0.39 is 0 Å². The van der Waals surface area contributed by atoms with E-state index in [4.69, 9.17) is 0 Å². The minimum Gasteiger partial charge on any atom is -0.353 e. The summed E-state index contributed by atoms with van der Waals surface area (Å²) in [6.07, 6.45) is 1.52. The van der Waals surface area contributed by atoms with E-state index in [1.807, 2.05) is 49.1 Å². The first-order valence-corrected chi connectivity index (χ1v) is 12.3. The number of benzene rings is 1. The summed E-state index contributed by atoms with van der Waals surface area (Å²) in [5.74, 6) is 2.41. The monoisotopic (exact) mass is 465 g/mol. The van der Waals surface area contributed by atoms with Gasteiger partial charge in [-0.2, -0.15) is 14.6 Å². The molecule has 1 amide bonds. The standard InChI is InChI=1S/C22H23N7OS2/c1-15-11-20(29-22(25-15)23-14-24-29)27-7-9-28(10-8-27)21(30)18-5-3-4-6-19(18)32-13-17-12-31-16(2)26-17/h3-6,11-12,14H,7-10,13H2,1-2H3. The van der Waals surface area contributed by atoms with Crippen LogP contribution in [0.4, 0.5) is 5.82 Å². The summed E-state index contributed by atoms with van der Waals surface area (Å²) in [5, 5.41) is 7.46. The van der Waals surface area contributed by atoms with Crippen LogP contribution in [0.25, 0.3) is 5.78 Å². The fraction of sp³-hybridized carbons (Fsp3) is 0.318. The van der Waals surface area contributed by atoms with Gasteiger partial charge in [0.05, 0.1) is 16.3 Å². The Morgan fingerprint density at radius 2 is 1.94 bits per heavy atom. The van der Waals surface area contributed by atoms with Crippen molar-refractivity contribution in [3.05, 3.63) is 64.0 Å². The molecular formula is C22H23N7OS2. The van der Waals surface area contributed by atoms with Crippen LogP contribution in [0.3, 0.4) is 0 Å². The third kappa shape index (κ3) is 4.20. The zero-order valence-electron chi connectivity index (χ0n) is 17.9. The van der Waals surface area contributed by atoms with E-state index in [0.717, 1.165) is 51.5 Å². The van der Waals surface area contributed by atoms with Crippen LogP contribution in [0.1, 0.15) is 26.8 Å². The quantitative estimate of drug-likeness (QED) is 0.418. The van der Waals surface area contributed by atoms with Gasteiger partial charge >= 0.3 is 0 Å². The molecule has 0 N–H and O–H groups in total. The van der Waals surface area contributed by atoms with E-state index in [1.165, 1.54) is 6.33 Å². The highest BCUT2D eigenvalue weighted by molar-refractivity contribution is 7.98. The van der Waals surface area contributed by atoms with Crippen molar-refractivity contribution in [2.45, 2.75) is 24.5 Å². The van der Waals surface area contributed by atoms with Crippen molar-refractivity contribution in [1.29, 1.82) is 0 Å². The maximum atomic E-state index is 13.3. The predicted octanol–water partition coefficient (Wildman–Crippen LogP) is 3.45. The van der Waals surface area contributed by atoms with E-state index in [0.29, 0.717) is 18.9 Å². The Morgan fingerprint density at radius 1 is 1.12 bits per heavy atom. The van der Waals surface area contributed by atoms with Gasteiger partial charge in [0.15, 0.2) is 0 Å². The first-order chi connectivity index (χ1) is 15.6. The Hall–Kier alpha value is -2.98. The molecule has 164 valence electrons. The topological polar surface area (TPSA) is 79.5 Å². The van der Waals surface area contributed by atoms with Gasteiger partial charge in [0.1, 0.15) is 12.1 Å². The van der Waals surface area contributed by atoms with Gasteiger partial charge in [-0.25, -0.2) is 9.97 Å². The molecule has 5 rings (SSSR count). The minimum absolute atomic E-state index is 0.0824. The Balaban J connectivity index is 1.28. The fourth-order valence-electron chi connectivity index (χ4n) is 3.84. The number of nitrogens with zero attached hydrogens (tertiary/aromatic N) is 7. The van der Waals surface area contributed by atoms with Crippen LogP contribution in [0.15, 0.2) is 46.9 Å². The van der Waals surface area contributed by atoms with Crippen molar-refractivity contribution in [3.63, 3.8) is 0 Å². The molecule has 1 saturated heterocycles. The highest BCUT2D eigenvalue weighted by atomic mass is 32.2. The van der Waals surface area contributed by atoms with Crippen molar-refractivity contribution < 1.29 is 4.79 Å². The summed E-state index contributed by atoms with van der Waals surface area (Å²) < 4.78 is 1.76. The summed E-state index contributed by atoms with van der Waals surface area (Å²) in [6, 6.07) is 9.88. The third-order valence-electron chi connectivity index (χ3n) is 5.41. The molecule has 32 heavy (non-hydrogen) atoms. The Morgan fingerprint density at radius 3 is 2.72 bits per heavy atom. The third-order valence-corrected chi connectivity index (χ3v) is 7.34. The Bertz CT molecular complexity index is 1260. The molecule has 1 fully saturated rings. The highest BCUT2D eigenvalue weighted by Gasteiger charge is 2.25. The SMILES string of the molecule is Cc1cc(N2CCN(C(=O)c3ccccc3SCc3csc(C)n3)CC2)n2ncnc2n1. The molecular weight excluding hydrogens is 442 g/mol. The molecule has 1 aromatic carbocycles. The van der Waals surface area contributed by atoms with Gasteiger partial charge in [-0.05, 0) is 26.0 Å². The summed E-state index contributed by atoms with van der Waals surface area (Å²) in [6.45, 7) is 6.74. The molecule has 3 aromatic heterocycles. The number of thiazole rings is 1. The van der Waals surface area contributed by atoms with Crippen LogP contribution < -0.4 is 4.90 Å². The average molecular weight is 466 g/mol. The highest BCUT2D eigenvalue weighted by Crippen LogP contribution is 2.28. The Kier molecular flexibility index (Phi) is 5.79. The van der Waals surface area contributed by atoms with Crippen molar-refractivity contribution in [1.82, 2.24) is 29.5 Å². The number of carbonyl (C=O) groups excluding carboxylic acids is 1. The van der Waals surface area contributed by atoms with E-state index in [9.17, 15) is 4.79 Å². The molecule has 8 nitrogen and oxygen atoms in total. The number of hydrogen-bond acceptors (Lipinski definition) is 8. The lowest BCUT2D eigenvalue weighted by Crippen LogP contribution is -2.49. The second-order valence-electron chi connectivity index (χ2n) is 7.65. The second-order valence-corrected chi connectivity index (χ2v) is 9.73. The smallest absolute Gasteiger partial charge is 0.255 e. The number of amides is 1. The molecule has 0 bridgehead atoms. The predicted molar refractivity (Wildman–Crippen MR) is 126 cm³/mol. The molecule has 0 radical (unpaired) electrons. The van der Waals surface area contributed by atoms with Gasteiger partial charge in [0, 0.05) is 54.0 Å². The largest absolute Gasteiger partial charge is 0.353 e. The lowest BCUT2D eigenvalue weighted by Gasteiger charge is -2.36. The van der Waals surface area contributed by atoms with Crippen molar-refractivity contribution in [2.24, 2.45) is 0 Å². The molecule has 1 aliphatic heterocycles. The van der Waals surface area contributed by atoms with Gasteiger partial charge in [-0.1, -0.05) is 12.1 Å². The van der Waals surface area contributed by atoms with Crippen molar-refractivity contribution in [3.8, 4) is 0 Å². The molecule has 0 spiro atoms. The van der Waals surface area contributed by atoms with Gasteiger partial charge in [-0.15, -0.1) is 23.1 Å². The van der Waals surface area contributed by atoms with Gasteiger partial charge in [0.2, 0.25) is 0 Å². The second kappa shape index (κ2) is 8.87. The van der Waals surface area contributed by atoms with E-state index in [2.05, 4.69) is 30.3 Å². The molecule has 0 aliphatic carbocycles. The maximum Gasteiger partial charge on any atom is 0.255 e. The normalized spacial score (nSPS) is 14.3. The summed E-state index contributed by atoms with van der Waals surface area (Å²) in [5.41, 5.74) is 2.72. The Labute approximate surface area is 194 Å². The fourth-order valence-corrected chi connectivity index (χ4v) is 5.50. The average Bonchev–Trinajstić information content (AvgIpc) is 3.45. The van der Waals surface area contributed by atoms with Crippen LogP contribution in [0.5, 0.6) is 0 Å². The number of thioether (sulfide) groups is 1. The van der Waals surface area contributed by atoms with Crippen LogP contribution in [-0.2, 0) is 5.75 Å². The number of anilines is 1. The maximum absolute atomic E-state index is 13.3. The van der Waals surface area contributed by atoms with E-state index in [1.54, 1.807) is 27.6 Å². The molecule has 4 aromatic rings. The van der Waals surface area contributed by atoms with Gasteiger partial charge in [-0.3, -0.25) is 4.79 Å². The van der Waals surface area contributed by atoms with Crippen LogP contribution in [0, 0.1) is 13.8 Å². The zero-order chi connectivity index (χ0) is 22.1. The molecule has 0 atom stereocenters. The van der Waals surface area contributed by atoms with E-state index in [-0.39, 0.29) is 5.91 Å². The summed E-state index contributed by atoms with van der Waals surface area (Å²) in [4.78, 5) is 31.7. The van der Waals surface area contributed by atoms with Crippen molar-refractivity contribution in [2.75, 3.05) is 31.1 Å².